The van der Waals surface area contributed by atoms with Gasteiger partial charge in [-0.3, -0.25) is 20.2 Å². The summed E-state index contributed by atoms with van der Waals surface area (Å²) in [5.41, 5.74) is 7.23. The second-order valence-corrected chi connectivity index (χ2v) is 9.35. The van der Waals surface area contributed by atoms with Crippen molar-refractivity contribution < 1.29 is 9.47 Å². The van der Waals surface area contributed by atoms with Crippen molar-refractivity contribution in [3.8, 4) is 28.8 Å². The number of nitriles is 1. The van der Waals surface area contributed by atoms with Gasteiger partial charge in [-0.15, -0.1) is 0 Å². The highest BCUT2D eigenvalue weighted by molar-refractivity contribution is 6.30. The molecule has 0 saturated carbocycles. The Morgan fingerprint density at radius 3 is 1.88 bits per heavy atom. The van der Waals surface area contributed by atoms with E-state index >= 15 is 0 Å². The number of hydrogen-bond acceptors (Lipinski definition) is 12. The van der Waals surface area contributed by atoms with E-state index in [-0.39, 0.29) is 35.1 Å². The van der Waals surface area contributed by atoms with E-state index in [0.717, 1.165) is 0 Å². The fraction of sp³-hybridized carbons (Fsp3) is 0.103. The number of methoxy groups -OCH3 is 2. The number of rotatable bonds is 10. The topological polar surface area (TPSA) is 164 Å². The summed E-state index contributed by atoms with van der Waals surface area (Å²) in [6.07, 6.45) is 0. The zero-order valence-electron chi connectivity index (χ0n) is 23.2. The maximum Gasteiger partial charge on any atom is 0.273 e. The summed E-state index contributed by atoms with van der Waals surface area (Å²) in [5.74, 6) is 1.93. The first-order valence-electron chi connectivity index (χ1n) is 12.7. The summed E-state index contributed by atoms with van der Waals surface area (Å²) in [5, 5.41) is 16.5. The van der Waals surface area contributed by atoms with Crippen molar-refractivity contribution in [3.63, 3.8) is 0 Å². The SMILES string of the molecule is COc1cccc(Nc2nc(NNc3nc(-c4ccc(Cl)cc4)c(C#N)c(=O)n3C)nc(Nc3cccc(OC)c3)n2)c1. The van der Waals surface area contributed by atoms with Crippen molar-refractivity contribution in [3.05, 3.63) is 93.7 Å². The van der Waals surface area contributed by atoms with Crippen molar-refractivity contribution in [1.29, 1.82) is 5.26 Å². The van der Waals surface area contributed by atoms with Crippen LogP contribution in [0.5, 0.6) is 11.5 Å². The predicted molar refractivity (Wildman–Crippen MR) is 164 cm³/mol. The number of nitrogens with zero attached hydrogens (tertiary/aromatic N) is 6. The first-order valence-corrected chi connectivity index (χ1v) is 13.1. The Morgan fingerprint density at radius 1 is 0.791 bits per heavy atom. The molecule has 5 aromatic rings. The molecule has 2 aromatic heterocycles. The van der Waals surface area contributed by atoms with Gasteiger partial charge in [0.2, 0.25) is 23.8 Å². The lowest BCUT2D eigenvalue weighted by molar-refractivity contribution is 0.415. The first-order chi connectivity index (χ1) is 20.9. The average molecular weight is 597 g/mol. The minimum Gasteiger partial charge on any atom is -0.497 e. The van der Waals surface area contributed by atoms with Gasteiger partial charge in [0.25, 0.3) is 5.56 Å². The fourth-order valence-corrected chi connectivity index (χ4v) is 4.07. The third kappa shape index (κ3) is 6.72. The van der Waals surface area contributed by atoms with Gasteiger partial charge in [-0.2, -0.15) is 20.2 Å². The van der Waals surface area contributed by atoms with Gasteiger partial charge >= 0.3 is 0 Å². The van der Waals surface area contributed by atoms with Gasteiger partial charge < -0.3 is 20.1 Å². The number of aromatic nitrogens is 5. The predicted octanol–water partition coefficient (Wildman–Crippen LogP) is 5.10. The molecule has 0 saturated heterocycles. The smallest absolute Gasteiger partial charge is 0.273 e. The Bertz CT molecular complexity index is 1810. The normalized spacial score (nSPS) is 10.4. The molecular weight excluding hydrogens is 572 g/mol. The van der Waals surface area contributed by atoms with Crippen LogP contribution in [0.15, 0.2) is 77.6 Å². The summed E-state index contributed by atoms with van der Waals surface area (Å²) in [7, 11) is 4.65. The zero-order valence-corrected chi connectivity index (χ0v) is 24.0. The Hall–Kier alpha value is -5.87. The molecule has 0 fully saturated rings. The summed E-state index contributed by atoms with van der Waals surface area (Å²) < 4.78 is 11.8. The minimum absolute atomic E-state index is 0.0949. The molecule has 0 spiro atoms. The quantitative estimate of drug-likeness (QED) is 0.158. The third-order valence-corrected chi connectivity index (χ3v) is 6.35. The van der Waals surface area contributed by atoms with Crippen LogP contribution in [-0.2, 0) is 7.05 Å². The molecule has 0 bridgehead atoms. The monoisotopic (exact) mass is 596 g/mol. The Balaban J connectivity index is 1.48. The zero-order chi connectivity index (χ0) is 30.3. The molecule has 0 aliphatic heterocycles. The second kappa shape index (κ2) is 12.8. The van der Waals surface area contributed by atoms with Crippen LogP contribution in [0.25, 0.3) is 11.3 Å². The number of hydrogen-bond donors (Lipinski definition) is 4. The molecule has 0 aliphatic rings. The van der Waals surface area contributed by atoms with Crippen LogP contribution in [-0.4, -0.2) is 38.7 Å². The Morgan fingerprint density at radius 2 is 1.35 bits per heavy atom. The van der Waals surface area contributed by atoms with Crippen LogP contribution in [0.1, 0.15) is 5.56 Å². The van der Waals surface area contributed by atoms with Gasteiger partial charge in [0.15, 0.2) is 0 Å². The van der Waals surface area contributed by atoms with Gasteiger partial charge in [-0.05, 0) is 36.4 Å². The summed E-state index contributed by atoms with van der Waals surface area (Å²) in [4.78, 5) is 31.0. The molecule has 0 radical (unpaired) electrons. The maximum atomic E-state index is 13.0. The van der Waals surface area contributed by atoms with E-state index in [1.165, 1.54) is 11.6 Å². The van der Waals surface area contributed by atoms with Crippen molar-refractivity contribution in [1.82, 2.24) is 24.5 Å². The molecule has 5 rings (SSSR count). The minimum atomic E-state index is -0.539. The molecular formula is C29H25ClN10O3. The lowest BCUT2D eigenvalue weighted by atomic mass is 10.1. The van der Waals surface area contributed by atoms with Crippen LogP contribution in [0.2, 0.25) is 5.02 Å². The van der Waals surface area contributed by atoms with E-state index < -0.39 is 5.56 Å². The molecule has 14 heteroatoms. The van der Waals surface area contributed by atoms with Gasteiger partial charge in [0.05, 0.1) is 19.9 Å². The van der Waals surface area contributed by atoms with Crippen molar-refractivity contribution in [2.75, 3.05) is 35.7 Å². The summed E-state index contributed by atoms with van der Waals surface area (Å²) in [6.45, 7) is 0. The van der Waals surface area contributed by atoms with E-state index in [2.05, 4.69) is 41.4 Å². The summed E-state index contributed by atoms with van der Waals surface area (Å²) in [6, 6.07) is 23.2. The van der Waals surface area contributed by atoms with Crippen molar-refractivity contribution in [2.24, 2.45) is 7.05 Å². The number of anilines is 6. The molecule has 3 aromatic carbocycles. The lowest BCUT2D eigenvalue weighted by Gasteiger charge is -2.15. The molecule has 0 atom stereocenters. The van der Waals surface area contributed by atoms with Gasteiger partial charge in [-0.1, -0.05) is 35.9 Å². The molecule has 2 heterocycles. The number of nitrogens with one attached hydrogen (secondary N) is 4. The molecule has 43 heavy (non-hydrogen) atoms. The lowest BCUT2D eigenvalue weighted by Crippen LogP contribution is -2.27. The highest BCUT2D eigenvalue weighted by Crippen LogP contribution is 2.25. The van der Waals surface area contributed by atoms with Crippen LogP contribution in [0.4, 0.5) is 35.2 Å². The van der Waals surface area contributed by atoms with Gasteiger partial charge in [-0.25, -0.2) is 4.98 Å². The van der Waals surface area contributed by atoms with Crippen LogP contribution in [0, 0.1) is 11.3 Å². The molecule has 0 amide bonds. The molecule has 0 aliphatic carbocycles. The largest absolute Gasteiger partial charge is 0.497 e. The number of ether oxygens (including phenoxy) is 2. The number of halogens is 1. The van der Waals surface area contributed by atoms with Crippen LogP contribution >= 0.6 is 11.6 Å². The Kier molecular flexibility index (Phi) is 8.50. The fourth-order valence-electron chi connectivity index (χ4n) is 3.95. The van der Waals surface area contributed by atoms with Crippen molar-refractivity contribution in [2.45, 2.75) is 0 Å². The Labute approximate surface area is 251 Å². The van der Waals surface area contributed by atoms with E-state index in [1.54, 1.807) is 50.6 Å². The van der Waals surface area contributed by atoms with Crippen molar-refractivity contribution >= 4 is 46.8 Å². The van der Waals surface area contributed by atoms with Gasteiger partial charge in [0, 0.05) is 41.1 Å². The first kappa shape index (κ1) is 28.7. The molecule has 216 valence electrons. The highest BCUT2D eigenvalue weighted by atomic mass is 35.5. The second-order valence-electron chi connectivity index (χ2n) is 8.91. The highest BCUT2D eigenvalue weighted by Gasteiger charge is 2.17. The van der Waals surface area contributed by atoms with Crippen LogP contribution < -0.4 is 36.5 Å². The van der Waals surface area contributed by atoms with Crippen LogP contribution in [0.3, 0.4) is 0 Å². The average Bonchev–Trinajstić information content (AvgIpc) is 3.02. The molecule has 13 nitrogen and oxygen atoms in total. The molecule has 4 N–H and O–H groups in total. The standard InChI is InChI=1S/C29H25ClN10O3/c1-40-25(41)23(16-31)24(17-10-12-18(30)13-11-17)34-29(40)39-38-28-36-26(32-19-6-4-8-21(14-19)42-2)35-27(37-28)33-20-7-5-9-22(15-20)43-3/h4-15H,1-3H3,(H,34,39)(H3,32,33,35,36,37,38). The van der Waals surface area contributed by atoms with E-state index in [1.807, 2.05) is 42.5 Å². The summed E-state index contributed by atoms with van der Waals surface area (Å²) >= 11 is 6.02. The van der Waals surface area contributed by atoms with Gasteiger partial charge in [0.1, 0.15) is 23.1 Å². The molecule has 0 unspecified atom stereocenters. The van der Waals surface area contributed by atoms with E-state index in [9.17, 15) is 10.1 Å². The number of hydrazine groups is 1. The van der Waals surface area contributed by atoms with E-state index in [0.29, 0.717) is 33.5 Å². The third-order valence-electron chi connectivity index (χ3n) is 6.09. The maximum absolute atomic E-state index is 13.0. The van der Waals surface area contributed by atoms with E-state index in [4.69, 9.17) is 21.1 Å². The number of benzene rings is 3.